The van der Waals surface area contributed by atoms with Gasteiger partial charge in [-0.1, -0.05) is 51.2 Å². The fourth-order valence-corrected chi connectivity index (χ4v) is 3.57. The lowest BCUT2D eigenvalue weighted by atomic mass is 9.84. The summed E-state index contributed by atoms with van der Waals surface area (Å²) in [6, 6.07) is 8.67. The van der Waals surface area contributed by atoms with Gasteiger partial charge in [0.05, 0.1) is 0 Å². The summed E-state index contributed by atoms with van der Waals surface area (Å²) in [4.78, 5) is 0. The molecule has 0 N–H and O–H groups in total. The third-order valence-electron chi connectivity index (χ3n) is 3.31. The summed E-state index contributed by atoms with van der Waals surface area (Å²) in [5.41, 5.74) is 4.08. The van der Waals surface area contributed by atoms with E-state index in [2.05, 4.69) is 62.0 Å². The number of fused-ring (bicyclic) bond motifs is 1. The monoisotopic (exact) mass is 262 g/mol. The molecule has 0 radical (unpaired) electrons. The molecule has 0 amide bonds. The minimum absolute atomic E-state index is 0.445. The number of nitrogens with zero attached hydrogens (tertiary/aromatic N) is 1. The van der Waals surface area contributed by atoms with Crippen molar-refractivity contribution in [3.05, 3.63) is 29.8 Å². The highest BCUT2D eigenvalue weighted by Crippen LogP contribution is 2.26. The molecule has 0 spiro atoms. The summed E-state index contributed by atoms with van der Waals surface area (Å²) < 4.78 is 3.79. The van der Waals surface area contributed by atoms with E-state index >= 15 is 0 Å². The van der Waals surface area contributed by atoms with E-state index < -0.39 is 0 Å². The lowest BCUT2D eigenvalue weighted by Gasteiger charge is -2.22. The van der Waals surface area contributed by atoms with Gasteiger partial charge in [-0.25, -0.2) is 0 Å². The zero-order valence-corrected chi connectivity index (χ0v) is 12.8. The SMILES string of the molecule is CC(CC[n+]1csc2ccccc21)CC(C)(C)C. The molecule has 18 heavy (non-hydrogen) atoms. The van der Waals surface area contributed by atoms with Crippen molar-refractivity contribution < 1.29 is 4.57 Å². The number of para-hydroxylation sites is 1. The van der Waals surface area contributed by atoms with Gasteiger partial charge in [-0.05, 0) is 23.8 Å². The van der Waals surface area contributed by atoms with E-state index in [4.69, 9.17) is 0 Å². The first-order valence-electron chi connectivity index (χ1n) is 6.81. The van der Waals surface area contributed by atoms with Crippen molar-refractivity contribution >= 4 is 21.6 Å². The molecule has 2 rings (SSSR count). The number of aryl methyl sites for hydroxylation is 1. The van der Waals surface area contributed by atoms with E-state index in [1.165, 1.54) is 23.1 Å². The topological polar surface area (TPSA) is 3.88 Å². The molecule has 0 saturated carbocycles. The Morgan fingerprint density at radius 3 is 2.67 bits per heavy atom. The van der Waals surface area contributed by atoms with Crippen molar-refractivity contribution in [1.82, 2.24) is 0 Å². The fraction of sp³-hybridized carbons (Fsp3) is 0.562. The Morgan fingerprint density at radius 1 is 1.22 bits per heavy atom. The summed E-state index contributed by atoms with van der Waals surface area (Å²) in [7, 11) is 0. The molecule has 0 saturated heterocycles. The van der Waals surface area contributed by atoms with Crippen LogP contribution in [0.15, 0.2) is 29.8 Å². The molecule has 2 aromatic rings. The predicted octanol–water partition coefficient (Wildman–Crippen LogP) is 4.65. The molecule has 1 heterocycles. The molecular weight excluding hydrogens is 238 g/mol. The second kappa shape index (κ2) is 5.40. The average molecular weight is 262 g/mol. The standard InChI is InChI=1S/C16H24NS/c1-13(11-16(2,3)4)9-10-17-12-18-15-8-6-5-7-14(15)17/h5-8,12-13H,9-11H2,1-4H3/q+1. The number of rotatable bonds is 4. The Morgan fingerprint density at radius 2 is 1.94 bits per heavy atom. The van der Waals surface area contributed by atoms with Crippen molar-refractivity contribution in [3.8, 4) is 0 Å². The van der Waals surface area contributed by atoms with Gasteiger partial charge in [0, 0.05) is 12.5 Å². The maximum atomic E-state index is 2.40. The summed E-state index contributed by atoms with van der Waals surface area (Å²) in [6.45, 7) is 10.5. The van der Waals surface area contributed by atoms with Gasteiger partial charge in [-0.15, -0.1) is 0 Å². The lowest BCUT2D eigenvalue weighted by molar-refractivity contribution is -0.668. The molecule has 1 unspecified atom stereocenters. The molecule has 1 aromatic heterocycles. The summed E-state index contributed by atoms with van der Waals surface area (Å²) in [5, 5.41) is 0. The van der Waals surface area contributed by atoms with E-state index in [1.54, 1.807) is 0 Å². The van der Waals surface area contributed by atoms with Gasteiger partial charge in [0.1, 0.15) is 11.2 Å². The minimum Gasteiger partial charge on any atom is -0.188 e. The van der Waals surface area contributed by atoms with Gasteiger partial charge in [0.2, 0.25) is 11.0 Å². The van der Waals surface area contributed by atoms with Crippen LogP contribution < -0.4 is 4.57 Å². The predicted molar refractivity (Wildman–Crippen MR) is 79.9 cm³/mol. The highest BCUT2D eigenvalue weighted by Gasteiger charge is 2.17. The Hall–Kier alpha value is -0.890. The zero-order valence-electron chi connectivity index (χ0n) is 11.9. The van der Waals surface area contributed by atoms with Crippen molar-refractivity contribution in [2.45, 2.75) is 47.1 Å². The smallest absolute Gasteiger partial charge is 0.188 e. The summed E-state index contributed by atoms with van der Waals surface area (Å²) in [5.74, 6) is 0.788. The van der Waals surface area contributed by atoms with Gasteiger partial charge in [0.15, 0.2) is 0 Å². The maximum absolute atomic E-state index is 2.40. The number of benzene rings is 1. The van der Waals surface area contributed by atoms with Crippen LogP contribution in [0.2, 0.25) is 0 Å². The number of hydrogen-bond donors (Lipinski definition) is 0. The maximum Gasteiger partial charge on any atom is 0.225 e. The average Bonchev–Trinajstić information content (AvgIpc) is 2.67. The van der Waals surface area contributed by atoms with Crippen LogP contribution in [0.1, 0.15) is 40.5 Å². The van der Waals surface area contributed by atoms with Crippen LogP contribution in [0.5, 0.6) is 0 Å². The van der Waals surface area contributed by atoms with E-state index in [-0.39, 0.29) is 0 Å². The first kappa shape index (κ1) is 13.5. The van der Waals surface area contributed by atoms with Gasteiger partial charge >= 0.3 is 0 Å². The summed E-state index contributed by atoms with van der Waals surface area (Å²) >= 11 is 1.84. The second-order valence-corrected chi connectivity index (χ2v) is 7.43. The molecule has 0 aliphatic heterocycles. The van der Waals surface area contributed by atoms with E-state index in [0.717, 1.165) is 12.5 Å². The molecule has 2 heteroatoms. The molecule has 1 aromatic carbocycles. The second-order valence-electron chi connectivity index (χ2n) is 6.54. The zero-order chi connectivity index (χ0) is 13.2. The lowest BCUT2D eigenvalue weighted by Crippen LogP contribution is -2.32. The fourth-order valence-electron chi connectivity index (χ4n) is 2.65. The van der Waals surface area contributed by atoms with E-state index in [0.29, 0.717) is 5.41 Å². The van der Waals surface area contributed by atoms with Gasteiger partial charge in [0.25, 0.3) is 0 Å². The third-order valence-corrected chi connectivity index (χ3v) is 4.26. The quantitative estimate of drug-likeness (QED) is 0.706. The Kier molecular flexibility index (Phi) is 4.06. The van der Waals surface area contributed by atoms with E-state index in [1.807, 2.05) is 11.3 Å². The third kappa shape index (κ3) is 3.55. The molecule has 1 nitrogen and oxygen atoms in total. The Bertz CT molecular complexity index is 507. The van der Waals surface area contributed by atoms with Crippen LogP contribution in [0, 0.1) is 11.3 Å². The number of aromatic nitrogens is 1. The first-order valence-corrected chi connectivity index (χ1v) is 7.69. The van der Waals surface area contributed by atoms with Crippen molar-refractivity contribution in [2.24, 2.45) is 11.3 Å². The van der Waals surface area contributed by atoms with Gasteiger partial charge in [-0.2, -0.15) is 4.57 Å². The van der Waals surface area contributed by atoms with Crippen LogP contribution in [0.4, 0.5) is 0 Å². The normalized spacial score (nSPS) is 14.0. The van der Waals surface area contributed by atoms with Gasteiger partial charge in [-0.3, -0.25) is 0 Å². The minimum atomic E-state index is 0.445. The molecule has 0 fully saturated rings. The van der Waals surface area contributed by atoms with Crippen LogP contribution in [-0.2, 0) is 6.54 Å². The molecule has 0 aliphatic rings. The molecule has 1 atom stereocenters. The van der Waals surface area contributed by atoms with Crippen molar-refractivity contribution in [2.75, 3.05) is 0 Å². The van der Waals surface area contributed by atoms with Gasteiger partial charge < -0.3 is 0 Å². The van der Waals surface area contributed by atoms with Crippen LogP contribution >= 0.6 is 11.3 Å². The first-order chi connectivity index (χ1) is 8.46. The number of thiazole rings is 1. The Balaban J connectivity index is 1.98. The van der Waals surface area contributed by atoms with Crippen LogP contribution in [0.25, 0.3) is 10.2 Å². The Labute approximate surface area is 114 Å². The highest BCUT2D eigenvalue weighted by atomic mass is 32.1. The van der Waals surface area contributed by atoms with Crippen LogP contribution in [-0.4, -0.2) is 0 Å². The van der Waals surface area contributed by atoms with E-state index in [9.17, 15) is 0 Å². The highest BCUT2D eigenvalue weighted by molar-refractivity contribution is 7.16. The number of hydrogen-bond acceptors (Lipinski definition) is 1. The molecular formula is C16H24NS+. The molecule has 0 bridgehead atoms. The largest absolute Gasteiger partial charge is 0.225 e. The van der Waals surface area contributed by atoms with Crippen LogP contribution in [0.3, 0.4) is 0 Å². The van der Waals surface area contributed by atoms with Crippen molar-refractivity contribution in [3.63, 3.8) is 0 Å². The van der Waals surface area contributed by atoms with Crippen molar-refractivity contribution in [1.29, 1.82) is 0 Å². The summed E-state index contributed by atoms with van der Waals surface area (Å²) in [6.07, 6.45) is 2.57. The molecule has 98 valence electrons. The molecule has 0 aliphatic carbocycles.